The number of imide groups is 1. The second kappa shape index (κ2) is 8.47. The van der Waals surface area contributed by atoms with Gasteiger partial charge in [-0.05, 0) is 37.3 Å². The summed E-state index contributed by atoms with van der Waals surface area (Å²) in [4.78, 5) is 52.0. The van der Waals surface area contributed by atoms with Crippen LogP contribution in [-0.4, -0.2) is 36.8 Å². The van der Waals surface area contributed by atoms with Crippen LogP contribution in [0.15, 0.2) is 72.8 Å². The molecule has 1 heterocycles. The second-order valence-corrected chi connectivity index (χ2v) is 7.16. The standard InChI is InChI=1S/C25H19NO6/c1-15(22(27)16-8-4-3-5-9-16)32-25(30)17-12-13-18-19(14-17)24(29)26(23(18)28)20-10-6-7-11-21(20)31-2/h3-15H,1-2H3/t15-/m0/s1. The smallest absolute Gasteiger partial charge is 0.338 e. The zero-order chi connectivity index (χ0) is 22.8. The molecule has 1 aliphatic heterocycles. The molecule has 7 heteroatoms. The van der Waals surface area contributed by atoms with Gasteiger partial charge >= 0.3 is 5.97 Å². The zero-order valence-corrected chi connectivity index (χ0v) is 17.4. The first-order chi connectivity index (χ1) is 15.4. The highest BCUT2D eigenvalue weighted by Crippen LogP contribution is 2.35. The van der Waals surface area contributed by atoms with Crippen molar-refractivity contribution < 1.29 is 28.7 Å². The first-order valence-corrected chi connectivity index (χ1v) is 9.88. The number of carbonyl (C=O) groups is 4. The molecule has 0 bridgehead atoms. The van der Waals surface area contributed by atoms with Gasteiger partial charge in [-0.2, -0.15) is 0 Å². The number of benzene rings is 3. The van der Waals surface area contributed by atoms with Crippen LogP contribution in [-0.2, 0) is 4.74 Å². The number of anilines is 1. The Bertz CT molecular complexity index is 1230. The Labute approximate surface area is 184 Å². The van der Waals surface area contributed by atoms with Crippen LogP contribution >= 0.6 is 0 Å². The van der Waals surface area contributed by atoms with E-state index in [-0.39, 0.29) is 22.5 Å². The van der Waals surface area contributed by atoms with Crippen LogP contribution in [0.1, 0.15) is 48.4 Å². The Morgan fingerprint density at radius 2 is 1.47 bits per heavy atom. The van der Waals surface area contributed by atoms with Crippen LogP contribution in [0, 0.1) is 0 Å². The summed E-state index contributed by atoms with van der Waals surface area (Å²) in [7, 11) is 1.45. The van der Waals surface area contributed by atoms with Gasteiger partial charge < -0.3 is 9.47 Å². The molecule has 0 spiro atoms. The van der Waals surface area contributed by atoms with Crippen molar-refractivity contribution >= 4 is 29.3 Å². The number of esters is 1. The van der Waals surface area contributed by atoms with Gasteiger partial charge in [-0.1, -0.05) is 42.5 Å². The summed E-state index contributed by atoms with van der Waals surface area (Å²) in [6.45, 7) is 1.48. The number of nitrogens with zero attached hydrogens (tertiary/aromatic N) is 1. The van der Waals surface area contributed by atoms with Crippen LogP contribution in [0.3, 0.4) is 0 Å². The van der Waals surface area contributed by atoms with E-state index < -0.39 is 23.9 Å². The van der Waals surface area contributed by atoms with E-state index in [1.54, 1.807) is 54.6 Å². The Balaban J connectivity index is 1.57. The third kappa shape index (κ3) is 3.65. The lowest BCUT2D eigenvalue weighted by molar-refractivity contribution is 0.0318. The number of para-hydroxylation sites is 2. The fourth-order valence-electron chi connectivity index (χ4n) is 3.52. The number of Topliss-reactive ketones (excluding diaryl/α,β-unsaturated/α-hetero) is 1. The summed E-state index contributed by atoms with van der Waals surface area (Å²) in [6, 6.07) is 19.3. The monoisotopic (exact) mass is 429 g/mol. The normalized spacial score (nSPS) is 13.5. The average Bonchev–Trinajstić information content (AvgIpc) is 3.08. The van der Waals surface area contributed by atoms with Crippen molar-refractivity contribution in [3.05, 3.63) is 95.1 Å². The van der Waals surface area contributed by atoms with Gasteiger partial charge in [0.05, 0.1) is 29.5 Å². The van der Waals surface area contributed by atoms with Crippen LogP contribution in [0.4, 0.5) is 5.69 Å². The van der Waals surface area contributed by atoms with Crippen molar-refractivity contribution in [2.75, 3.05) is 12.0 Å². The highest BCUT2D eigenvalue weighted by Gasteiger charge is 2.38. The predicted octanol–water partition coefficient (Wildman–Crippen LogP) is 3.92. The highest BCUT2D eigenvalue weighted by atomic mass is 16.5. The van der Waals surface area contributed by atoms with Gasteiger partial charge in [-0.15, -0.1) is 0 Å². The summed E-state index contributed by atoms with van der Waals surface area (Å²) in [5.41, 5.74) is 1.06. The number of rotatable bonds is 6. The SMILES string of the molecule is COc1ccccc1N1C(=O)c2ccc(C(=O)O[C@@H](C)C(=O)c3ccccc3)cc2C1=O. The molecule has 0 unspecified atom stereocenters. The molecule has 0 fully saturated rings. The Morgan fingerprint density at radius 3 is 2.19 bits per heavy atom. The number of carbonyl (C=O) groups excluding carboxylic acids is 4. The molecule has 0 saturated carbocycles. The minimum absolute atomic E-state index is 0.0690. The molecule has 0 N–H and O–H groups in total. The van der Waals surface area contributed by atoms with Gasteiger partial charge in [0.25, 0.3) is 11.8 Å². The van der Waals surface area contributed by atoms with Crippen LogP contribution in [0.25, 0.3) is 0 Å². The molecule has 4 rings (SSSR count). The largest absolute Gasteiger partial charge is 0.495 e. The quantitative estimate of drug-likeness (QED) is 0.335. The topological polar surface area (TPSA) is 90.0 Å². The first-order valence-electron chi connectivity index (χ1n) is 9.88. The van der Waals surface area contributed by atoms with E-state index >= 15 is 0 Å². The molecule has 0 aliphatic carbocycles. The third-order valence-corrected chi connectivity index (χ3v) is 5.16. The number of fused-ring (bicyclic) bond motifs is 1. The Kier molecular flexibility index (Phi) is 5.55. The number of hydrogen-bond acceptors (Lipinski definition) is 6. The Morgan fingerprint density at radius 1 is 0.812 bits per heavy atom. The number of methoxy groups -OCH3 is 1. The summed E-state index contributed by atoms with van der Waals surface area (Å²) < 4.78 is 10.6. The molecule has 3 aromatic carbocycles. The van der Waals surface area contributed by atoms with Gasteiger partial charge in [0.2, 0.25) is 5.78 Å². The summed E-state index contributed by atoms with van der Waals surface area (Å²) in [5.74, 6) is -1.82. The van der Waals surface area contributed by atoms with Gasteiger partial charge in [0.1, 0.15) is 5.75 Å². The molecule has 0 saturated heterocycles. The molecule has 32 heavy (non-hydrogen) atoms. The maximum atomic E-state index is 13.0. The number of amides is 2. The lowest BCUT2D eigenvalue weighted by Gasteiger charge is -2.16. The molecular weight excluding hydrogens is 410 g/mol. The molecule has 1 atom stereocenters. The minimum Gasteiger partial charge on any atom is -0.495 e. The van der Waals surface area contributed by atoms with E-state index in [2.05, 4.69) is 0 Å². The third-order valence-electron chi connectivity index (χ3n) is 5.16. The van der Waals surface area contributed by atoms with Crippen molar-refractivity contribution in [2.24, 2.45) is 0 Å². The first kappa shape index (κ1) is 21.0. The van der Waals surface area contributed by atoms with Crippen molar-refractivity contribution in [1.29, 1.82) is 0 Å². The molecule has 1 aliphatic rings. The van der Waals surface area contributed by atoms with E-state index in [1.807, 2.05) is 0 Å². The van der Waals surface area contributed by atoms with E-state index in [4.69, 9.17) is 9.47 Å². The van der Waals surface area contributed by atoms with E-state index in [9.17, 15) is 19.2 Å². The summed E-state index contributed by atoms with van der Waals surface area (Å²) in [5, 5.41) is 0. The lowest BCUT2D eigenvalue weighted by atomic mass is 10.1. The number of hydrogen-bond donors (Lipinski definition) is 0. The van der Waals surface area contributed by atoms with Crippen molar-refractivity contribution in [2.45, 2.75) is 13.0 Å². The van der Waals surface area contributed by atoms with Crippen molar-refractivity contribution in [3.63, 3.8) is 0 Å². The summed E-state index contributed by atoms with van der Waals surface area (Å²) >= 11 is 0. The zero-order valence-electron chi connectivity index (χ0n) is 17.4. The second-order valence-electron chi connectivity index (χ2n) is 7.16. The van der Waals surface area contributed by atoms with E-state index in [0.29, 0.717) is 17.0 Å². The fourth-order valence-corrected chi connectivity index (χ4v) is 3.52. The van der Waals surface area contributed by atoms with Gasteiger partial charge in [-0.3, -0.25) is 14.4 Å². The van der Waals surface area contributed by atoms with Crippen LogP contribution in [0.5, 0.6) is 5.75 Å². The molecule has 0 radical (unpaired) electrons. The number of ketones is 1. The van der Waals surface area contributed by atoms with Gasteiger partial charge in [0.15, 0.2) is 6.10 Å². The predicted molar refractivity (Wildman–Crippen MR) is 116 cm³/mol. The lowest BCUT2D eigenvalue weighted by Crippen LogP contribution is -2.29. The van der Waals surface area contributed by atoms with Crippen molar-refractivity contribution in [1.82, 2.24) is 0 Å². The average molecular weight is 429 g/mol. The molecular formula is C25H19NO6. The maximum Gasteiger partial charge on any atom is 0.338 e. The molecule has 3 aromatic rings. The van der Waals surface area contributed by atoms with E-state index in [1.165, 1.54) is 32.2 Å². The molecule has 0 aromatic heterocycles. The van der Waals surface area contributed by atoms with Crippen LogP contribution in [0.2, 0.25) is 0 Å². The fraction of sp³-hybridized carbons (Fsp3) is 0.120. The molecule has 2 amide bonds. The van der Waals surface area contributed by atoms with E-state index in [0.717, 1.165) is 4.90 Å². The van der Waals surface area contributed by atoms with Gasteiger partial charge in [-0.25, -0.2) is 9.69 Å². The van der Waals surface area contributed by atoms with Crippen LogP contribution < -0.4 is 9.64 Å². The van der Waals surface area contributed by atoms with Gasteiger partial charge in [0, 0.05) is 5.56 Å². The summed E-state index contributed by atoms with van der Waals surface area (Å²) in [6.07, 6.45) is -1.01. The number of ether oxygens (including phenoxy) is 2. The minimum atomic E-state index is -1.01. The molecule has 7 nitrogen and oxygen atoms in total. The molecule has 160 valence electrons. The highest BCUT2D eigenvalue weighted by molar-refractivity contribution is 6.35. The maximum absolute atomic E-state index is 13.0. The Hall–Kier alpha value is -4.26. The van der Waals surface area contributed by atoms with Crippen molar-refractivity contribution in [3.8, 4) is 5.75 Å².